The van der Waals surface area contributed by atoms with Crippen molar-refractivity contribution in [1.82, 2.24) is 4.90 Å². The van der Waals surface area contributed by atoms with Gasteiger partial charge < -0.3 is 5.11 Å². The van der Waals surface area contributed by atoms with E-state index >= 15 is 0 Å². The predicted molar refractivity (Wildman–Crippen MR) is 33.7 cm³/mol. The summed E-state index contributed by atoms with van der Waals surface area (Å²) in [4.78, 5) is 22.6. The van der Waals surface area contributed by atoms with Gasteiger partial charge in [-0.25, -0.2) is 0 Å². The van der Waals surface area contributed by atoms with Gasteiger partial charge in [-0.15, -0.1) is 0 Å². The third-order valence-corrected chi connectivity index (χ3v) is 1.66. The number of hydrogen-bond acceptors (Lipinski definition) is 3. The van der Waals surface area contributed by atoms with Crippen molar-refractivity contribution in [1.29, 1.82) is 0 Å². The van der Waals surface area contributed by atoms with E-state index in [1.54, 1.807) is 11.9 Å². The summed E-state index contributed by atoms with van der Waals surface area (Å²) >= 11 is 0. The van der Waals surface area contributed by atoms with Crippen LogP contribution in [0.15, 0.2) is 0 Å². The summed E-state index contributed by atoms with van der Waals surface area (Å²) in [6.07, 6.45) is 0.159. The van der Waals surface area contributed by atoms with Crippen molar-refractivity contribution in [2.75, 3.05) is 13.6 Å². The van der Waals surface area contributed by atoms with E-state index < -0.39 is 12.0 Å². The van der Waals surface area contributed by atoms with Crippen molar-refractivity contribution in [3.8, 4) is 0 Å². The number of likely N-dealkylation sites (N-methyl/N-ethyl adjacent to an activating group) is 1. The smallest absolute Gasteiger partial charge is 0.321 e. The fraction of sp³-hybridized carbons (Fsp3) is 0.667. The monoisotopic (exact) mass is 143 g/mol. The highest BCUT2D eigenvalue weighted by Crippen LogP contribution is 2.11. The lowest BCUT2D eigenvalue weighted by Crippen LogP contribution is -2.32. The van der Waals surface area contributed by atoms with Crippen molar-refractivity contribution in [2.24, 2.45) is 0 Å². The zero-order valence-electron chi connectivity index (χ0n) is 5.70. The second-order valence-electron chi connectivity index (χ2n) is 2.51. The molecule has 1 heterocycles. The number of carbonyl (C=O) groups excluding carboxylic acids is 1. The van der Waals surface area contributed by atoms with E-state index in [1.807, 2.05) is 0 Å². The molecule has 0 aromatic rings. The molecule has 0 radical (unpaired) electrons. The van der Waals surface area contributed by atoms with Crippen LogP contribution in [0.5, 0.6) is 0 Å². The molecule has 4 nitrogen and oxygen atoms in total. The second kappa shape index (κ2) is 2.38. The number of carboxylic acid groups (broad SMARTS) is 1. The Bertz CT molecular complexity index is 178. The fourth-order valence-corrected chi connectivity index (χ4v) is 1.10. The molecule has 1 rings (SSSR count). The molecule has 10 heavy (non-hydrogen) atoms. The van der Waals surface area contributed by atoms with Crippen LogP contribution in [0.2, 0.25) is 0 Å². The van der Waals surface area contributed by atoms with Crippen LogP contribution in [-0.4, -0.2) is 41.4 Å². The van der Waals surface area contributed by atoms with Gasteiger partial charge in [-0.2, -0.15) is 0 Å². The van der Waals surface area contributed by atoms with Crippen molar-refractivity contribution < 1.29 is 14.7 Å². The molecule has 0 spiro atoms. The first-order chi connectivity index (χ1) is 4.61. The number of carboxylic acids is 1. The maximum absolute atomic E-state index is 10.7. The predicted octanol–water partition coefficient (Wildman–Crippen LogP) is -0.656. The third kappa shape index (κ3) is 1.16. The van der Waals surface area contributed by atoms with Crippen LogP contribution in [0.1, 0.15) is 6.42 Å². The van der Waals surface area contributed by atoms with Crippen LogP contribution in [0.4, 0.5) is 0 Å². The standard InChI is InChI=1S/C6H9NO3/c1-7-3-4(8)2-5(7)6(9)10/h5H,2-3H2,1H3,(H,9,10). The summed E-state index contributed by atoms with van der Waals surface area (Å²) in [6.45, 7) is 0.275. The quantitative estimate of drug-likeness (QED) is 0.529. The van der Waals surface area contributed by atoms with E-state index in [1.165, 1.54) is 0 Å². The SMILES string of the molecule is CN1CC(=O)CC1C(=O)O. The van der Waals surface area contributed by atoms with E-state index in [9.17, 15) is 9.59 Å². The fourth-order valence-electron chi connectivity index (χ4n) is 1.10. The largest absolute Gasteiger partial charge is 0.480 e. The Hall–Kier alpha value is -0.900. The minimum atomic E-state index is -0.909. The van der Waals surface area contributed by atoms with E-state index in [0.717, 1.165) is 0 Å². The van der Waals surface area contributed by atoms with Crippen molar-refractivity contribution >= 4 is 11.8 Å². The molecule has 1 saturated heterocycles. The molecule has 1 unspecified atom stereocenters. The lowest BCUT2D eigenvalue weighted by atomic mass is 10.2. The van der Waals surface area contributed by atoms with Crippen molar-refractivity contribution in [2.45, 2.75) is 12.5 Å². The summed E-state index contributed by atoms with van der Waals surface area (Å²) in [6, 6.07) is -0.590. The normalized spacial score (nSPS) is 27.3. The molecule has 0 amide bonds. The van der Waals surface area contributed by atoms with Crippen LogP contribution >= 0.6 is 0 Å². The Morgan fingerprint density at radius 1 is 1.80 bits per heavy atom. The molecule has 0 bridgehead atoms. The molecular weight excluding hydrogens is 134 g/mol. The second-order valence-corrected chi connectivity index (χ2v) is 2.51. The zero-order chi connectivity index (χ0) is 7.72. The molecule has 1 aliphatic heterocycles. The lowest BCUT2D eigenvalue weighted by Gasteiger charge is -2.11. The van der Waals surface area contributed by atoms with Crippen molar-refractivity contribution in [3.05, 3.63) is 0 Å². The third-order valence-electron chi connectivity index (χ3n) is 1.66. The summed E-state index contributed by atoms with van der Waals surface area (Å²) in [5.41, 5.74) is 0. The summed E-state index contributed by atoms with van der Waals surface area (Å²) in [7, 11) is 1.64. The summed E-state index contributed by atoms with van der Waals surface area (Å²) < 4.78 is 0. The van der Waals surface area contributed by atoms with Crippen LogP contribution in [0.3, 0.4) is 0 Å². The molecule has 4 heteroatoms. The minimum absolute atomic E-state index is 0.00917. The Morgan fingerprint density at radius 3 is 2.60 bits per heavy atom. The number of likely N-dealkylation sites (tertiary alicyclic amines) is 1. The topological polar surface area (TPSA) is 57.6 Å². The van der Waals surface area contributed by atoms with Gasteiger partial charge in [-0.1, -0.05) is 0 Å². The Morgan fingerprint density at radius 2 is 2.40 bits per heavy atom. The van der Waals surface area contributed by atoms with Gasteiger partial charge in [-0.05, 0) is 7.05 Å². The molecule has 1 N–H and O–H groups in total. The van der Waals surface area contributed by atoms with E-state index in [4.69, 9.17) is 5.11 Å². The van der Waals surface area contributed by atoms with E-state index in [-0.39, 0.29) is 18.7 Å². The first kappa shape index (κ1) is 7.21. The maximum atomic E-state index is 10.7. The summed E-state index contributed by atoms with van der Waals surface area (Å²) in [5.74, 6) is -0.900. The number of aliphatic carboxylic acids is 1. The van der Waals surface area contributed by atoms with Crippen LogP contribution in [-0.2, 0) is 9.59 Å². The van der Waals surface area contributed by atoms with Gasteiger partial charge in [0.05, 0.1) is 6.54 Å². The zero-order valence-corrected chi connectivity index (χ0v) is 5.70. The molecule has 0 aliphatic carbocycles. The van der Waals surface area contributed by atoms with Gasteiger partial charge in [0.1, 0.15) is 11.8 Å². The minimum Gasteiger partial charge on any atom is -0.480 e. The van der Waals surface area contributed by atoms with Crippen LogP contribution in [0.25, 0.3) is 0 Å². The molecule has 0 saturated carbocycles. The molecule has 0 aromatic heterocycles. The van der Waals surface area contributed by atoms with Gasteiger partial charge >= 0.3 is 5.97 Å². The highest BCUT2D eigenvalue weighted by molar-refractivity contribution is 5.90. The van der Waals surface area contributed by atoms with Gasteiger partial charge in [-0.3, -0.25) is 14.5 Å². The number of rotatable bonds is 1. The number of ketones is 1. The maximum Gasteiger partial charge on any atom is 0.321 e. The van der Waals surface area contributed by atoms with Gasteiger partial charge in [0.25, 0.3) is 0 Å². The molecule has 1 atom stereocenters. The molecule has 0 aromatic carbocycles. The first-order valence-corrected chi connectivity index (χ1v) is 3.06. The summed E-state index contributed by atoms with van der Waals surface area (Å²) in [5, 5.41) is 8.51. The molecule has 1 fully saturated rings. The number of nitrogens with zero attached hydrogens (tertiary/aromatic N) is 1. The Labute approximate surface area is 58.4 Å². The first-order valence-electron chi connectivity index (χ1n) is 3.06. The number of Topliss-reactive ketones (excluding diaryl/α,β-unsaturated/α-hetero) is 1. The number of hydrogen-bond donors (Lipinski definition) is 1. The lowest BCUT2D eigenvalue weighted by molar-refractivity contribution is -0.141. The highest BCUT2D eigenvalue weighted by atomic mass is 16.4. The van der Waals surface area contributed by atoms with Crippen LogP contribution < -0.4 is 0 Å². The van der Waals surface area contributed by atoms with Crippen molar-refractivity contribution in [3.63, 3.8) is 0 Å². The number of carbonyl (C=O) groups is 2. The molecule has 56 valence electrons. The van der Waals surface area contributed by atoms with Gasteiger partial charge in [0.2, 0.25) is 0 Å². The molecular formula is C6H9NO3. The van der Waals surface area contributed by atoms with Crippen LogP contribution in [0, 0.1) is 0 Å². The highest BCUT2D eigenvalue weighted by Gasteiger charge is 2.32. The Balaban J connectivity index is 2.63. The van der Waals surface area contributed by atoms with Gasteiger partial charge in [0.15, 0.2) is 0 Å². The molecule has 1 aliphatic rings. The van der Waals surface area contributed by atoms with E-state index in [0.29, 0.717) is 0 Å². The average molecular weight is 143 g/mol. The Kier molecular flexibility index (Phi) is 1.72. The average Bonchev–Trinajstić information content (AvgIpc) is 2.10. The van der Waals surface area contributed by atoms with E-state index in [2.05, 4.69) is 0 Å². The van der Waals surface area contributed by atoms with Gasteiger partial charge in [0, 0.05) is 6.42 Å².